The average molecular weight is 334 g/mol. The van der Waals surface area contributed by atoms with Crippen molar-refractivity contribution in [1.29, 1.82) is 0 Å². The summed E-state index contributed by atoms with van der Waals surface area (Å²) in [6.45, 7) is 11.2. The summed E-state index contributed by atoms with van der Waals surface area (Å²) in [4.78, 5) is 0. The molecule has 1 aliphatic heterocycles. The number of hydroxylamine groups is 2. The van der Waals surface area contributed by atoms with Gasteiger partial charge in [-0.3, -0.25) is 0 Å². The Bertz CT molecular complexity index is 571. The van der Waals surface area contributed by atoms with Crippen molar-refractivity contribution in [3.05, 3.63) is 35.9 Å². The highest BCUT2D eigenvalue weighted by atomic mass is 28.3. The van der Waals surface area contributed by atoms with E-state index in [0.29, 0.717) is 13.2 Å². The van der Waals surface area contributed by atoms with Gasteiger partial charge in [0.15, 0.2) is 5.79 Å². The number of ether oxygens (including phenoxy) is 2. The molecule has 0 unspecified atom stereocenters. The highest BCUT2D eigenvalue weighted by Crippen LogP contribution is 2.26. The van der Waals surface area contributed by atoms with Gasteiger partial charge < -0.3 is 14.7 Å². The van der Waals surface area contributed by atoms with E-state index in [0.717, 1.165) is 5.56 Å². The Morgan fingerprint density at radius 3 is 2.48 bits per heavy atom. The number of benzene rings is 1. The Balaban J connectivity index is 2.17. The number of nitrogens with zero attached hydrogens (tertiary/aromatic N) is 1. The highest BCUT2D eigenvalue weighted by Gasteiger charge is 2.39. The van der Waals surface area contributed by atoms with Crippen molar-refractivity contribution in [2.75, 3.05) is 6.61 Å². The van der Waals surface area contributed by atoms with E-state index in [-0.39, 0.29) is 6.10 Å². The van der Waals surface area contributed by atoms with Crippen LogP contribution in [0.1, 0.15) is 19.4 Å². The van der Waals surface area contributed by atoms with Crippen molar-refractivity contribution < 1.29 is 14.7 Å². The molecule has 0 amide bonds. The second-order valence-electron chi connectivity index (χ2n) is 7.41. The molecule has 1 heterocycles. The molecule has 0 spiro atoms. The highest BCUT2D eigenvalue weighted by molar-refractivity contribution is 6.83. The first-order chi connectivity index (χ1) is 10.7. The van der Waals surface area contributed by atoms with Crippen LogP contribution in [-0.4, -0.2) is 42.9 Å². The van der Waals surface area contributed by atoms with Gasteiger partial charge in [0.25, 0.3) is 0 Å². The van der Waals surface area contributed by atoms with E-state index in [2.05, 4.69) is 31.1 Å². The van der Waals surface area contributed by atoms with E-state index in [4.69, 9.17) is 9.47 Å². The predicted molar refractivity (Wildman–Crippen MR) is 93.6 cm³/mol. The Labute approximate surface area is 140 Å². The summed E-state index contributed by atoms with van der Waals surface area (Å²) in [5.74, 6) is 2.61. The summed E-state index contributed by atoms with van der Waals surface area (Å²) in [5.41, 5.74) is 4.38. The first-order valence-electron chi connectivity index (χ1n) is 8.00. The molecule has 2 rings (SSSR count). The monoisotopic (exact) mass is 333 g/mol. The Morgan fingerprint density at radius 1 is 1.30 bits per heavy atom. The van der Waals surface area contributed by atoms with E-state index < -0.39 is 19.9 Å². The van der Waals surface area contributed by atoms with Crippen molar-refractivity contribution >= 4 is 8.07 Å². The third-order valence-corrected chi connectivity index (χ3v) is 4.38. The molecule has 23 heavy (non-hydrogen) atoms. The van der Waals surface area contributed by atoms with Crippen LogP contribution in [0.5, 0.6) is 0 Å². The minimum absolute atomic E-state index is 0.262. The summed E-state index contributed by atoms with van der Waals surface area (Å²) >= 11 is 0. The fourth-order valence-corrected chi connectivity index (χ4v) is 2.97. The molecule has 1 aliphatic rings. The van der Waals surface area contributed by atoms with Crippen LogP contribution in [0.3, 0.4) is 0 Å². The van der Waals surface area contributed by atoms with Gasteiger partial charge in [-0.1, -0.05) is 55.9 Å². The molecule has 0 saturated carbocycles. The minimum atomic E-state index is -1.54. The van der Waals surface area contributed by atoms with Crippen LogP contribution in [0, 0.1) is 11.5 Å². The van der Waals surface area contributed by atoms with E-state index >= 15 is 0 Å². The maximum Gasteiger partial charge on any atom is 0.163 e. The van der Waals surface area contributed by atoms with Gasteiger partial charge in [0.05, 0.1) is 13.2 Å². The molecule has 0 aromatic heterocycles. The van der Waals surface area contributed by atoms with Crippen LogP contribution >= 0.6 is 0 Å². The van der Waals surface area contributed by atoms with Gasteiger partial charge in [-0.2, -0.15) is 5.06 Å². The molecular weight excluding hydrogens is 306 g/mol. The van der Waals surface area contributed by atoms with E-state index in [1.807, 2.05) is 44.2 Å². The summed E-state index contributed by atoms with van der Waals surface area (Å²) < 4.78 is 11.6. The zero-order valence-electron chi connectivity index (χ0n) is 14.7. The van der Waals surface area contributed by atoms with Crippen LogP contribution in [0.25, 0.3) is 0 Å². The number of hydrogen-bond acceptors (Lipinski definition) is 4. The smallest absolute Gasteiger partial charge is 0.163 e. The summed E-state index contributed by atoms with van der Waals surface area (Å²) in [7, 11) is -1.54. The largest absolute Gasteiger partial charge is 0.348 e. The third-order valence-electron chi connectivity index (χ3n) is 3.49. The second-order valence-corrected chi connectivity index (χ2v) is 12.2. The van der Waals surface area contributed by atoms with Crippen molar-refractivity contribution in [1.82, 2.24) is 5.06 Å². The molecule has 1 fully saturated rings. The Hall–Kier alpha value is -1.16. The molecule has 2 atom stereocenters. The lowest BCUT2D eigenvalue weighted by Gasteiger charge is -2.27. The quantitative estimate of drug-likeness (QED) is 0.522. The second kappa shape index (κ2) is 7.16. The van der Waals surface area contributed by atoms with Crippen molar-refractivity contribution in [2.45, 2.75) is 58.0 Å². The third kappa shape index (κ3) is 5.76. The average Bonchev–Trinajstić information content (AvgIpc) is 2.79. The Morgan fingerprint density at radius 2 is 1.96 bits per heavy atom. The van der Waals surface area contributed by atoms with Crippen molar-refractivity contribution in [3.63, 3.8) is 0 Å². The summed E-state index contributed by atoms with van der Waals surface area (Å²) in [5, 5.41) is 11.9. The van der Waals surface area contributed by atoms with Crippen molar-refractivity contribution in [3.8, 4) is 11.5 Å². The fourth-order valence-electron chi connectivity index (χ4n) is 2.39. The Kier molecular flexibility index (Phi) is 5.66. The molecule has 1 saturated heterocycles. The van der Waals surface area contributed by atoms with Crippen LogP contribution < -0.4 is 0 Å². The molecule has 0 bridgehead atoms. The molecule has 4 nitrogen and oxygen atoms in total. The number of hydrogen-bond donors (Lipinski definition) is 1. The lowest BCUT2D eigenvalue weighted by molar-refractivity contribution is -0.176. The first-order valence-corrected chi connectivity index (χ1v) is 11.5. The topological polar surface area (TPSA) is 41.9 Å². The SMILES string of the molecule is CC1(C)OC[C@H]([C@@H](C#C[Si](C)(C)C)N(O)Cc2ccccc2)O1. The zero-order valence-corrected chi connectivity index (χ0v) is 15.7. The first kappa shape index (κ1) is 18.2. The molecule has 1 aromatic carbocycles. The van der Waals surface area contributed by atoms with Gasteiger partial charge >= 0.3 is 0 Å². The van der Waals surface area contributed by atoms with Gasteiger partial charge in [0.1, 0.15) is 20.2 Å². The van der Waals surface area contributed by atoms with Crippen LogP contribution in [0.4, 0.5) is 0 Å². The molecule has 0 radical (unpaired) electrons. The van der Waals surface area contributed by atoms with Gasteiger partial charge in [-0.05, 0) is 19.4 Å². The lowest BCUT2D eigenvalue weighted by atomic mass is 10.1. The fraction of sp³-hybridized carbons (Fsp3) is 0.556. The van der Waals surface area contributed by atoms with Crippen LogP contribution in [0.2, 0.25) is 19.6 Å². The number of rotatable bonds is 4. The summed E-state index contributed by atoms with van der Waals surface area (Å²) in [6.07, 6.45) is -0.262. The van der Waals surface area contributed by atoms with Crippen LogP contribution in [-0.2, 0) is 16.0 Å². The molecule has 126 valence electrons. The van der Waals surface area contributed by atoms with Gasteiger partial charge in [-0.25, -0.2) is 0 Å². The molecule has 0 aliphatic carbocycles. The van der Waals surface area contributed by atoms with E-state index in [1.165, 1.54) is 5.06 Å². The van der Waals surface area contributed by atoms with Gasteiger partial charge in [0.2, 0.25) is 0 Å². The van der Waals surface area contributed by atoms with E-state index in [1.54, 1.807) is 0 Å². The molecule has 1 aromatic rings. The molecule has 1 N–H and O–H groups in total. The predicted octanol–water partition coefficient (Wildman–Crippen LogP) is 3.28. The maximum absolute atomic E-state index is 10.6. The van der Waals surface area contributed by atoms with Gasteiger partial charge in [0, 0.05) is 0 Å². The minimum Gasteiger partial charge on any atom is -0.348 e. The van der Waals surface area contributed by atoms with E-state index in [9.17, 15) is 5.21 Å². The standard InChI is InChI=1S/C18H27NO3Si/c1-18(2)21-14-17(22-18)16(11-12-23(3,4)5)19(20)13-15-9-7-6-8-10-15/h6-10,16-17,20H,13-14H2,1-5H3/t16-,17-/m1/s1. The summed E-state index contributed by atoms with van der Waals surface area (Å²) in [6, 6.07) is 9.46. The normalized spacial score (nSPS) is 21.8. The lowest BCUT2D eigenvalue weighted by Crippen LogP contribution is -2.42. The van der Waals surface area contributed by atoms with Crippen molar-refractivity contribution in [2.24, 2.45) is 0 Å². The molecular formula is C18H27NO3Si. The molecule has 5 heteroatoms. The van der Waals surface area contributed by atoms with Crippen LogP contribution in [0.15, 0.2) is 30.3 Å². The maximum atomic E-state index is 10.6. The zero-order chi connectivity index (χ0) is 17.1. The van der Waals surface area contributed by atoms with Gasteiger partial charge in [-0.15, -0.1) is 5.54 Å².